The van der Waals surface area contributed by atoms with Crippen molar-refractivity contribution in [3.8, 4) is 0 Å². The SMILES string of the molecule is O=C(Nc1nccnn1)N[C@H](CO)C(=O)O. The van der Waals surface area contributed by atoms with E-state index in [1.54, 1.807) is 0 Å². The zero-order valence-electron chi connectivity index (χ0n) is 7.99. The molecule has 0 aliphatic heterocycles. The first-order valence-electron chi connectivity index (χ1n) is 4.18. The second-order valence-electron chi connectivity index (χ2n) is 2.64. The van der Waals surface area contributed by atoms with Gasteiger partial charge < -0.3 is 15.5 Å². The minimum atomic E-state index is -1.38. The fourth-order valence-electron chi connectivity index (χ4n) is 0.786. The lowest BCUT2D eigenvalue weighted by molar-refractivity contribution is -0.140. The van der Waals surface area contributed by atoms with E-state index < -0.39 is 24.6 Å². The number of amides is 2. The van der Waals surface area contributed by atoms with Crippen LogP contribution in [0.5, 0.6) is 0 Å². The number of aliphatic hydroxyl groups excluding tert-OH is 1. The molecule has 0 unspecified atom stereocenters. The van der Waals surface area contributed by atoms with Gasteiger partial charge in [-0.1, -0.05) is 0 Å². The van der Waals surface area contributed by atoms with Crippen molar-refractivity contribution in [2.45, 2.75) is 6.04 Å². The molecule has 16 heavy (non-hydrogen) atoms. The van der Waals surface area contributed by atoms with Crippen LogP contribution >= 0.6 is 0 Å². The predicted molar refractivity (Wildman–Crippen MR) is 50.5 cm³/mol. The van der Waals surface area contributed by atoms with Gasteiger partial charge in [-0.05, 0) is 0 Å². The van der Waals surface area contributed by atoms with E-state index in [0.717, 1.165) is 0 Å². The van der Waals surface area contributed by atoms with Gasteiger partial charge in [0.2, 0.25) is 0 Å². The summed E-state index contributed by atoms with van der Waals surface area (Å²) in [4.78, 5) is 25.3. The Balaban J connectivity index is 2.50. The van der Waals surface area contributed by atoms with Crippen LogP contribution in [0.2, 0.25) is 0 Å². The van der Waals surface area contributed by atoms with Crippen LogP contribution in [0.25, 0.3) is 0 Å². The summed E-state index contributed by atoms with van der Waals surface area (Å²) in [6.07, 6.45) is 2.63. The van der Waals surface area contributed by atoms with Gasteiger partial charge >= 0.3 is 12.0 Å². The number of nitrogens with zero attached hydrogens (tertiary/aromatic N) is 3. The van der Waals surface area contributed by atoms with Gasteiger partial charge in [0, 0.05) is 0 Å². The molecule has 1 heterocycles. The Kier molecular flexibility index (Phi) is 4.09. The summed E-state index contributed by atoms with van der Waals surface area (Å²) in [7, 11) is 0. The molecule has 2 amide bonds. The van der Waals surface area contributed by atoms with Gasteiger partial charge in [-0.15, -0.1) is 5.10 Å². The Morgan fingerprint density at radius 1 is 1.44 bits per heavy atom. The number of carbonyl (C=O) groups excluding carboxylic acids is 1. The standard InChI is InChI=1S/C7H9N5O4/c13-3-4(5(14)15)10-7(16)11-6-8-1-2-9-12-6/h1-2,4,13H,3H2,(H,14,15)(H2,8,10,11,12,16)/t4-/m1/s1. The van der Waals surface area contributed by atoms with Gasteiger partial charge in [-0.25, -0.2) is 14.6 Å². The molecule has 9 nitrogen and oxygen atoms in total. The van der Waals surface area contributed by atoms with Crippen LogP contribution in [0.1, 0.15) is 0 Å². The largest absolute Gasteiger partial charge is 0.480 e. The number of rotatable bonds is 4. The van der Waals surface area contributed by atoms with Crippen LogP contribution in [0.4, 0.5) is 10.7 Å². The van der Waals surface area contributed by atoms with E-state index in [-0.39, 0.29) is 5.95 Å². The minimum Gasteiger partial charge on any atom is -0.480 e. The van der Waals surface area contributed by atoms with Crippen molar-refractivity contribution in [1.29, 1.82) is 0 Å². The average Bonchev–Trinajstić information content (AvgIpc) is 2.27. The lowest BCUT2D eigenvalue weighted by atomic mass is 10.3. The Morgan fingerprint density at radius 2 is 2.19 bits per heavy atom. The molecule has 1 atom stereocenters. The Labute approximate surface area is 89.5 Å². The summed E-state index contributed by atoms with van der Waals surface area (Å²) < 4.78 is 0. The Hall–Kier alpha value is -2.29. The van der Waals surface area contributed by atoms with E-state index in [2.05, 4.69) is 20.5 Å². The number of carboxylic acids is 1. The number of aliphatic hydroxyl groups is 1. The number of carbonyl (C=O) groups is 2. The van der Waals surface area contributed by atoms with Crippen molar-refractivity contribution in [2.24, 2.45) is 0 Å². The molecule has 0 saturated carbocycles. The van der Waals surface area contributed by atoms with Gasteiger partial charge in [0.25, 0.3) is 5.95 Å². The number of urea groups is 1. The quantitative estimate of drug-likeness (QED) is 0.488. The fraction of sp³-hybridized carbons (Fsp3) is 0.286. The number of aliphatic carboxylic acids is 1. The highest BCUT2D eigenvalue weighted by Crippen LogP contribution is 1.92. The van der Waals surface area contributed by atoms with Crippen LogP contribution < -0.4 is 10.6 Å². The lowest BCUT2D eigenvalue weighted by Gasteiger charge is -2.11. The van der Waals surface area contributed by atoms with Gasteiger partial charge in [0.1, 0.15) is 0 Å². The first-order chi connectivity index (χ1) is 7.63. The molecule has 0 radical (unpaired) electrons. The van der Waals surface area contributed by atoms with Gasteiger partial charge in [0.05, 0.1) is 19.0 Å². The first-order valence-corrected chi connectivity index (χ1v) is 4.18. The summed E-state index contributed by atoms with van der Waals surface area (Å²) in [5.74, 6) is -1.41. The zero-order chi connectivity index (χ0) is 12.0. The zero-order valence-corrected chi connectivity index (χ0v) is 7.99. The van der Waals surface area contributed by atoms with E-state index in [0.29, 0.717) is 0 Å². The molecular formula is C7H9N5O4. The number of hydrogen-bond acceptors (Lipinski definition) is 6. The van der Waals surface area contributed by atoms with Crippen molar-refractivity contribution in [2.75, 3.05) is 11.9 Å². The third kappa shape index (κ3) is 3.46. The first kappa shape index (κ1) is 11.8. The average molecular weight is 227 g/mol. The van der Waals surface area contributed by atoms with Crippen LogP contribution in [-0.4, -0.2) is 50.0 Å². The third-order valence-corrected chi connectivity index (χ3v) is 1.49. The summed E-state index contributed by atoms with van der Waals surface area (Å²) >= 11 is 0. The van der Waals surface area contributed by atoms with Gasteiger partial charge in [-0.2, -0.15) is 5.10 Å². The molecule has 1 aromatic heterocycles. The predicted octanol–water partition coefficient (Wildman–Crippen LogP) is -1.56. The Bertz CT molecular complexity index is 370. The van der Waals surface area contributed by atoms with Gasteiger partial charge in [-0.3, -0.25) is 5.32 Å². The molecule has 0 aromatic carbocycles. The highest BCUT2D eigenvalue weighted by atomic mass is 16.4. The van der Waals surface area contributed by atoms with E-state index in [9.17, 15) is 9.59 Å². The number of aromatic nitrogens is 3. The topological polar surface area (TPSA) is 137 Å². The molecule has 0 aliphatic carbocycles. The summed E-state index contributed by atoms with van der Waals surface area (Å²) in [6, 6.07) is -2.22. The molecule has 0 spiro atoms. The maximum absolute atomic E-state index is 11.2. The van der Waals surface area contributed by atoms with Crippen molar-refractivity contribution in [3.63, 3.8) is 0 Å². The van der Waals surface area contributed by atoms with Crippen molar-refractivity contribution in [3.05, 3.63) is 12.4 Å². The molecule has 1 aromatic rings. The molecular weight excluding hydrogens is 218 g/mol. The summed E-state index contributed by atoms with van der Waals surface area (Å²) in [6.45, 7) is -0.712. The lowest BCUT2D eigenvalue weighted by Crippen LogP contribution is -2.45. The molecule has 0 fully saturated rings. The molecule has 0 aliphatic rings. The highest BCUT2D eigenvalue weighted by molar-refractivity contribution is 5.90. The van der Waals surface area contributed by atoms with Crippen LogP contribution in [0.15, 0.2) is 12.4 Å². The molecule has 4 N–H and O–H groups in total. The molecule has 86 valence electrons. The fourth-order valence-corrected chi connectivity index (χ4v) is 0.786. The Morgan fingerprint density at radius 3 is 2.69 bits per heavy atom. The van der Waals surface area contributed by atoms with Crippen molar-refractivity contribution >= 4 is 17.9 Å². The molecule has 0 saturated heterocycles. The number of carboxylic acid groups (broad SMARTS) is 1. The number of hydrogen-bond donors (Lipinski definition) is 4. The molecule has 1 rings (SSSR count). The van der Waals surface area contributed by atoms with Gasteiger partial charge in [0.15, 0.2) is 6.04 Å². The van der Waals surface area contributed by atoms with E-state index in [4.69, 9.17) is 10.2 Å². The van der Waals surface area contributed by atoms with E-state index in [1.807, 2.05) is 5.32 Å². The maximum Gasteiger partial charge on any atom is 0.328 e. The second kappa shape index (κ2) is 5.56. The van der Waals surface area contributed by atoms with E-state index >= 15 is 0 Å². The highest BCUT2D eigenvalue weighted by Gasteiger charge is 2.18. The van der Waals surface area contributed by atoms with Crippen molar-refractivity contribution in [1.82, 2.24) is 20.5 Å². The molecule has 0 bridgehead atoms. The van der Waals surface area contributed by atoms with Crippen LogP contribution in [-0.2, 0) is 4.79 Å². The summed E-state index contributed by atoms with van der Waals surface area (Å²) in [5, 5.41) is 28.3. The monoisotopic (exact) mass is 227 g/mol. The maximum atomic E-state index is 11.2. The smallest absolute Gasteiger partial charge is 0.328 e. The number of nitrogens with one attached hydrogen (secondary N) is 2. The van der Waals surface area contributed by atoms with Crippen LogP contribution in [0.3, 0.4) is 0 Å². The third-order valence-electron chi connectivity index (χ3n) is 1.49. The summed E-state index contributed by atoms with van der Waals surface area (Å²) in [5.41, 5.74) is 0. The molecule has 9 heteroatoms. The minimum absolute atomic E-state index is 0.0675. The van der Waals surface area contributed by atoms with Crippen molar-refractivity contribution < 1.29 is 19.8 Å². The number of anilines is 1. The van der Waals surface area contributed by atoms with Crippen LogP contribution in [0, 0.1) is 0 Å². The normalized spacial score (nSPS) is 11.6. The van der Waals surface area contributed by atoms with E-state index in [1.165, 1.54) is 12.4 Å². The second-order valence-corrected chi connectivity index (χ2v) is 2.64.